The minimum absolute atomic E-state index is 0.118. The van der Waals surface area contributed by atoms with Gasteiger partial charge in [-0.2, -0.15) is 0 Å². The van der Waals surface area contributed by atoms with Gasteiger partial charge >= 0.3 is 5.97 Å². The van der Waals surface area contributed by atoms with Crippen LogP contribution in [0.15, 0.2) is 58.4 Å². The van der Waals surface area contributed by atoms with Gasteiger partial charge in [0.1, 0.15) is 5.75 Å². The highest BCUT2D eigenvalue weighted by molar-refractivity contribution is 8.18. The van der Waals surface area contributed by atoms with Crippen LogP contribution in [-0.4, -0.2) is 40.2 Å². The van der Waals surface area contributed by atoms with Crippen LogP contribution < -0.4 is 4.74 Å². The van der Waals surface area contributed by atoms with Crippen LogP contribution in [0.25, 0.3) is 6.08 Å². The number of benzene rings is 2. The number of hydrogen-bond acceptors (Lipinski definition) is 5. The number of amides is 1. The van der Waals surface area contributed by atoms with Crippen molar-refractivity contribution >= 4 is 40.6 Å². The zero-order valence-electron chi connectivity index (χ0n) is 17.0. The number of nitrogens with zero attached hydrogens (tertiary/aromatic N) is 2. The van der Waals surface area contributed by atoms with E-state index in [0.717, 1.165) is 24.2 Å². The van der Waals surface area contributed by atoms with E-state index in [1.165, 1.54) is 23.9 Å². The molecule has 0 radical (unpaired) electrons. The highest BCUT2D eigenvalue weighted by Gasteiger charge is 2.32. The number of rotatable bonds is 8. The molecule has 1 amide bonds. The molecule has 0 unspecified atom stereocenters. The summed E-state index contributed by atoms with van der Waals surface area (Å²) in [6.07, 6.45) is 3.89. The van der Waals surface area contributed by atoms with E-state index in [1.54, 1.807) is 17.0 Å². The van der Waals surface area contributed by atoms with Crippen LogP contribution in [0, 0.1) is 0 Å². The first-order chi connectivity index (χ1) is 14.5. The van der Waals surface area contributed by atoms with Crippen LogP contribution in [0.5, 0.6) is 5.75 Å². The van der Waals surface area contributed by atoms with E-state index < -0.39 is 5.97 Å². The summed E-state index contributed by atoms with van der Waals surface area (Å²) < 4.78 is 5.75. The van der Waals surface area contributed by atoms with E-state index in [1.807, 2.05) is 37.3 Å². The van der Waals surface area contributed by atoms with Gasteiger partial charge in [-0.3, -0.25) is 9.69 Å². The van der Waals surface area contributed by atoms with E-state index in [4.69, 9.17) is 9.84 Å². The second-order valence-electron chi connectivity index (χ2n) is 6.68. The number of ether oxygens (including phenoxy) is 1. The van der Waals surface area contributed by atoms with Crippen LogP contribution in [-0.2, 0) is 4.79 Å². The Morgan fingerprint density at radius 3 is 2.73 bits per heavy atom. The summed E-state index contributed by atoms with van der Waals surface area (Å²) >= 11 is 1.28. The van der Waals surface area contributed by atoms with Crippen molar-refractivity contribution in [1.82, 2.24) is 4.90 Å². The van der Waals surface area contributed by atoms with Gasteiger partial charge in [0.2, 0.25) is 0 Å². The van der Waals surface area contributed by atoms with Gasteiger partial charge < -0.3 is 9.84 Å². The molecule has 1 saturated heterocycles. The lowest BCUT2D eigenvalue weighted by atomic mass is 10.2. The SMILES string of the molecule is CCCCOc1cccc(/C=C2/SC(=Nc3cccc(C(=O)O)c3)N(CC)C2=O)c1. The number of carbonyl (C=O) groups excluding carboxylic acids is 1. The fraction of sp³-hybridized carbons (Fsp3) is 0.261. The van der Waals surface area contributed by atoms with Gasteiger partial charge in [0.15, 0.2) is 5.17 Å². The molecule has 6 nitrogen and oxygen atoms in total. The molecule has 0 aliphatic carbocycles. The molecule has 1 aliphatic heterocycles. The Bertz CT molecular complexity index is 1000. The number of thioether (sulfide) groups is 1. The van der Waals surface area contributed by atoms with Crippen LogP contribution >= 0.6 is 11.8 Å². The van der Waals surface area contributed by atoms with Crippen molar-refractivity contribution < 1.29 is 19.4 Å². The second kappa shape index (κ2) is 10.1. The fourth-order valence-corrected chi connectivity index (χ4v) is 3.93. The van der Waals surface area contributed by atoms with Crippen LogP contribution in [0.4, 0.5) is 5.69 Å². The first-order valence-corrected chi connectivity index (χ1v) is 10.7. The summed E-state index contributed by atoms with van der Waals surface area (Å²) in [6, 6.07) is 14.0. The van der Waals surface area contributed by atoms with Gasteiger partial charge in [-0.05, 0) is 67.1 Å². The predicted octanol–water partition coefficient (Wildman–Crippen LogP) is 5.19. The van der Waals surface area contributed by atoms with Crippen molar-refractivity contribution in [3.8, 4) is 5.75 Å². The Labute approximate surface area is 180 Å². The molecule has 2 aromatic rings. The summed E-state index contributed by atoms with van der Waals surface area (Å²) in [5.41, 5.74) is 1.53. The van der Waals surface area contributed by atoms with Crippen molar-refractivity contribution in [2.45, 2.75) is 26.7 Å². The van der Waals surface area contributed by atoms with E-state index >= 15 is 0 Å². The molecule has 1 aliphatic rings. The molecular formula is C23H24N2O4S. The summed E-state index contributed by atoms with van der Waals surface area (Å²) in [5, 5.41) is 9.70. The summed E-state index contributed by atoms with van der Waals surface area (Å²) in [4.78, 5) is 30.7. The lowest BCUT2D eigenvalue weighted by Crippen LogP contribution is -2.28. The Hall–Kier alpha value is -3.06. The fourth-order valence-electron chi connectivity index (χ4n) is 2.87. The summed E-state index contributed by atoms with van der Waals surface area (Å²) in [6.45, 7) is 5.14. The standard InChI is InChI=1S/C23H24N2O4S/c1-3-5-12-29-19-11-6-8-16(13-19)14-20-21(26)25(4-2)23(30-20)24-18-10-7-9-17(15-18)22(27)28/h6-11,13-15H,3-5,12H2,1-2H3,(H,27,28)/b20-14+,24-23?. The number of likely N-dealkylation sites (N-methyl/N-ethyl adjacent to an activating group) is 1. The van der Waals surface area contributed by atoms with Crippen molar-refractivity contribution in [2.24, 2.45) is 4.99 Å². The molecule has 156 valence electrons. The monoisotopic (exact) mass is 424 g/mol. The normalized spacial score (nSPS) is 16.5. The molecule has 0 atom stereocenters. The molecule has 1 fully saturated rings. The Balaban J connectivity index is 1.84. The molecule has 0 saturated carbocycles. The summed E-state index contributed by atoms with van der Waals surface area (Å²) in [7, 11) is 0. The molecule has 1 N–H and O–H groups in total. The number of aliphatic imine (C=N–C) groups is 1. The Morgan fingerprint density at radius 2 is 2.00 bits per heavy atom. The maximum Gasteiger partial charge on any atom is 0.335 e. The maximum atomic E-state index is 12.8. The zero-order chi connectivity index (χ0) is 21.5. The van der Waals surface area contributed by atoms with Crippen LogP contribution in [0.1, 0.15) is 42.6 Å². The first-order valence-electron chi connectivity index (χ1n) is 9.88. The van der Waals surface area contributed by atoms with Crippen molar-refractivity contribution in [3.05, 3.63) is 64.6 Å². The van der Waals surface area contributed by atoms with Crippen molar-refractivity contribution in [3.63, 3.8) is 0 Å². The second-order valence-corrected chi connectivity index (χ2v) is 7.69. The smallest absolute Gasteiger partial charge is 0.335 e. The summed E-state index contributed by atoms with van der Waals surface area (Å²) in [5.74, 6) is -0.353. The average molecular weight is 425 g/mol. The van der Waals surface area contributed by atoms with Gasteiger partial charge in [-0.25, -0.2) is 9.79 Å². The van der Waals surface area contributed by atoms with Gasteiger partial charge in [-0.1, -0.05) is 31.5 Å². The van der Waals surface area contributed by atoms with Crippen LogP contribution in [0.2, 0.25) is 0 Å². The number of hydrogen-bond donors (Lipinski definition) is 1. The number of unbranched alkanes of at least 4 members (excludes halogenated alkanes) is 1. The number of amidine groups is 1. The van der Waals surface area contributed by atoms with E-state index in [0.29, 0.717) is 28.9 Å². The molecule has 0 aromatic heterocycles. The highest BCUT2D eigenvalue weighted by atomic mass is 32.2. The van der Waals surface area contributed by atoms with Gasteiger partial charge in [0.05, 0.1) is 22.8 Å². The molecule has 30 heavy (non-hydrogen) atoms. The first kappa shape index (κ1) is 21.6. The molecule has 1 heterocycles. The van der Waals surface area contributed by atoms with E-state index in [-0.39, 0.29) is 11.5 Å². The minimum Gasteiger partial charge on any atom is -0.494 e. The average Bonchev–Trinajstić information content (AvgIpc) is 3.02. The molecule has 0 bridgehead atoms. The Morgan fingerprint density at radius 1 is 1.20 bits per heavy atom. The molecule has 7 heteroatoms. The molecule has 2 aromatic carbocycles. The molecular weight excluding hydrogens is 400 g/mol. The number of carbonyl (C=O) groups is 2. The number of carboxylic acid groups (broad SMARTS) is 1. The van der Waals surface area contributed by atoms with Crippen LogP contribution in [0.3, 0.4) is 0 Å². The van der Waals surface area contributed by atoms with Crippen molar-refractivity contribution in [1.29, 1.82) is 0 Å². The third kappa shape index (κ3) is 5.30. The lowest BCUT2D eigenvalue weighted by Gasteiger charge is -2.12. The zero-order valence-corrected chi connectivity index (χ0v) is 17.8. The topological polar surface area (TPSA) is 79.2 Å². The predicted molar refractivity (Wildman–Crippen MR) is 120 cm³/mol. The van der Waals surface area contributed by atoms with E-state index in [2.05, 4.69) is 11.9 Å². The third-order valence-corrected chi connectivity index (χ3v) is 5.45. The largest absolute Gasteiger partial charge is 0.494 e. The molecule has 3 rings (SSSR count). The number of carboxylic acids is 1. The number of aromatic carboxylic acids is 1. The minimum atomic E-state index is -1.01. The quantitative estimate of drug-likeness (QED) is 0.466. The van der Waals surface area contributed by atoms with E-state index in [9.17, 15) is 9.59 Å². The third-order valence-electron chi connectivity index (χ3n) is 4.44. The van der Waals surface area contributed by atoms with Gasteiger partial charge in [-0.15, -0.1) is 0 Å². The molecule has 0 spiro atoms. The van der Waals surface area contributed by atoms with Crippen molar-refractivity contribution in [2.75, 3.05) is 13.2 Å². The maximum absolute atomic E-state index is 12.8. The Kier molecular flexibility index (Phi) is 7.30. The highest BCUT2D eigenvalue weighted by Crippen LogP contribution is 2.34. The van der Waals surface area contributed by atoms with Gasteiger partial charge in [0, 0.05) is 6.54 Å². The van der Waals surface area contributed by atoms with Gasteiger partial charge in [0.25, 0.3) is 5.91 Å². The lowest BCUT2D eigenvalue weighted by molar-refractivity contribution is -0.122.